The Labute approximate surface area is 198 Å². The summed E-state index contributed by atoms with van der Waals surface area (Å²) in [5.74, 6) is -1.52. The molecule has 0 bridgehead atoms. The van der Waals surface area contributed by atoms with E-state index in [4.69, 9.17) is 4.74 Å². The molecule has 1 aliphatic heterocycles. The van der Waals surface area contributed by atoms with E-state index in [1.807, 2.05) is 0 Å². The highest BCUT2D eigenvalue weighted by Gasteiger charge is 2.48. The van der Waals surface area contributed by atoms with Crippen molar-refractivity contribution in [2.75, 3.05) is 11.5 Å². The van der Waals surface area contributed by atoms with Gasteiger partial charge in [-0.15, -0.1) is 0 Å². The van der Waals surface area contributed by atoms with E-state index < -0.39 is 17.7 Å². The third-order valence-electron chi connectivity index (χ3n) is 5.70. The fraction of sp³-hybridized carbons (Fsp3) is 0.222. The van der Waals surface area contributed by atoms with Crippen molar-refractivity contribution in [3.8, 4) is 11.5 Å². The number of aliphatic hydroxyl groups excluding tert-OH is 1. The molecular formula is C27H26N2O5. The molecular weight excluding hydrogens is 432 g/mol. The summed E-state index contributed by atoms with van der Waals surface area (Å²) in [5, 5.41) is 21.6. The average molecular weight is 459 g/mol. The molecule has 3 aromatic rings. The summed E-state index contributed by atoms with van der Waals surface area (Å²) in [4.78, 5) is 31.7. The Morgan fingerprint density at radius 1 is 1.00 bits per heavy atom. The van der Waals surface area contributed by atoms with Crippen LogP contribution < -0.4 is 9.64 Å². The van der Waals surface area contributed by atoms with Crippen molar-refractivity contribution in [2.45, 2.75) is 32.2 Å². The smallest absolute Gasteiger partial charge is 0.300 e. The molecule has 2 heterocycles. The summed E-state index contributed by atoms with van der Waals surface area (Å²) >= 11 is 0. The number of carbonyl (C=O) groups excluding carboxylic acids is 2. The van der Waals surface area contributed by atoms with E-state index in [0.717, 1.165) is 19.3 Å². The van der Waals surface area contributed by atoms with Crippen LogP contribution in [0.5, 0.6) is 11.5 Å². The lowest BCUT2D eigenvalue weighted by molar-refractivity contribution is -0.132. The second kappa shape index (κ2) is 10.2. The van der Waals surface area contributed by atoms with Crippen LogP contribution in [-0.4, -0.2) is 33.5 Å². The van der Waals surface area contributed by atoms with Crippen molar-refractivity contribution in [3.63, 3.8) is 0 Å². The monoisotopic (exact) mass is 458 g/mol. The largest absolute Gasteiger partial charge is 0.507 e. The van der Waals surface area contributed by atoms with E-state index in [9.17, 15) is 19.8 Å². The second-order valence-corrected chi connectivity index (χ2v) is 7.99. The van der Waals surface area contributed by atoms with Gasteiger partial charge < -0.3 is 14.9 Å². The van der Waals surface area contributed by atoms with E-state index in [2.05, 4.69) is 11.9 Å². The number of nitrogens with zero attached hydrogens (tertiary/aromatic N) is 2. The Morgan fingerprint density at radius 3 is 2.41 bits per heavy atom. The van der Waals surface area contributed by atoms with Gasteiger partial charge >= 0.3 is 0 Å². The number of phenolic OH excluding ortho intramolecular Hbond substituents is 1. The fourth-order valence-corrected chi connectivity index (χ4v) is 3.97. The van der Waals surface area contributed by atoms with Gasteiger partial charge in [0.2, 0.25) is 0 Å². The predicted octanol–water partition coefficient (Wildman–Crippen LogP) is 4.98. The van der Waals surface area contributed by atoms with Crippen molar-refractivity contribution >= 4 is 23.1 Å². The molecule has 1 aliphatic rings. The first-order chi connectivity index (χ1) is 16.5. The molecule has 1 aromatic heterocycles. The van der Waals surface area contributed by atoms with Gasteiger partial charge in [0.1, 0.15) is 23.3 Å². The Balaban J connectivity index is 1.75. The van der Waals surface area contributed by atoms with Crippen molar-refractivity contribution in [1.29, 1.82) is 0 Å². The molecule has 1 fully saturated rings. The molecule has 2 N–H and O–H groups in total. The van der Waals surface area contributed by atoms with E-state index in [0.29, 0.717) is 23.6 Å². The van der Waals surface area contributed by atoms with Crippen LogP contribution in [0.3, 0.4) is 0 Å². The molecule has 2 aromatic carbocycles. The Bertz CT molecular complexity index is 1210. The lowest BCUT2D eigenvalue weighted by Gasteiger charge is -2.25. The number of para-hydroxylation sites is 2. The normalized spacial score (nSPS) is 17.2. The maximum atomic E-state index is 13.1. The molecule has 1 saturated heterocycles. The van der Waals surface area contributed by atoms with Gasteiger partial charge in [-0.25, -0.2) is 0 Å². The highest BCUT2D eigenvalue weighted by molar-refractivity contribution is 6.51. The van der Waals surface area contributed by atoms with Gasteiger partial charge in [-0.05, 0) is 55.0 Å². The predicted molar refractivity (Wildman–Crippen MR) is 129 cm³/mol. The SMILES string of the molecule is CCCCCOc1ccc(/C(O)=C2/C(=O)C(=O)N(c3ccccc3O)C2c2ccccn2)cc1. The van der Waals surface area contributed by atoms with Gasteiger partial charge in [-0.2, -0.15) is 0 Å². The maximum absolute atomic E-state index is 13.1. The van der Waals surface area contributed by atoms with E-state index >= 15 is 0 Å². The summed E-state index contributed by atoms with van der Waals surface area (Å²) in [6.45, 7) is 2.73. The number of benzene rings is 2. The number of Topliss-reactive ketones (excluding diaryl/α,β-unsaturated/α-hetero) is 1. The van der Waals surface area contributed by atoms with Gasteiger partial charge in [0.15, 0.2) is 0 Å². The van der Waals surface area contributed by atoms with Crippen LogP contribution in [-0.2, 0) is 9.59 Å². The second-order valence-electron chi connectivity index (χ2n) is 7.99. The molecule has 0 spiro atoms. The van der Waals surface area contributed by atoms with Gasteiger partial charge in [-0.3, -0.25) is 19.5 Å². The number of carbonyl (C=O) groups is 2. The summed E-state index contributed by atoms with van der Waals surface area (Å²) in [6, 6.07) is 17.1. The zero-order chi connectivity index (χ0) is 24.1. The number of unbranched alkanes of at least 4 members (excludes halogenated alkanes) is 2. The number of ketones is 1. The van der Waals surface area contributed by atoms with E-state index in [-0.39, 0.29) is 22.8 Å². The quantitative estimate of drug-likeness (QED) is 0.214. The van der Waals surface area contributed by atoms with Gasteiger partial charge in [-0.1, -0.05) is 38.0 Å². The number of aromatic hydroxyl groups is 1. The summed E-state index contributed by atoms with van der Waals surface area (Å²) in [7, 11) is 0. The first kappa shape index (κ1) is 23.0. The van der Waals surface area contributed by atoms with Crippen LogP contribution in [0.25, 0.3) is 5.76 Å². The average Bonchev–Trinajstić information content (AvgIpc) is 3.13. The number of amides is 1. The van der Waals surface area contributed by atoms with E-state index in [1.165, 1.54) is 11.0 Å². The molecule has 1 atom stereocenters. The number of phenols is 1. The zero-order valence-electron chi connectivity index (χ0n) is 18.8. The van der Waals surface area contributed by atoms with Crippen molar-refractivity contribution in [1.82, 2.24) is 4.98 Å². The van der Waals surface area contributed by atoms with Crippen molar-refractivity contribution < 1.29 is 24.5 Å². The molecule has 7 nitrogen and oxygen atoms in total. The topological polar surface area (TPSA) is 100.0 Å². The molecule has 34 heavy (non-hydrogen) atoms. The standard InChI is InChI=1S/C27H26N2O5/c1-2-3-8-17-34-19-14-12-18(13-15-19)25(31)23-24(20-9-6-7-16-28-20)29(27(33)26(23)32)21-10-4-5-11-22(21)30/h4-7,9-16,24,30-31H,2-3,8,17H2,1H3/b25-23-. The van der Waals surface area contributed by atoms with Crippen LogP contribution in [0.1, 0.15) is 43.5 Å². The first-order valence-electron chi connectivity index (χ1n) is 11.3. The molecule has 7 heteroatoms. The Morgan fingerprint density at radius 2 is 1.74 bits per heavy atom. The number of hydrogen-bond acceptors (Lipinski definition) is 6. The molecule has 1 unspecified atom stereocenters. The lowest BCUT2D eigenvalue weighted by Crippen LogP contribution is -2.29. The van der Waals surface area contributed by atoms with Gasteiger partial charge in [0, 0.05) is 11.8 Å². The van der Waals surface area contributed by atoms with Crippen LogP contribution in [0.15, 0.2) is 78.5 Å². The number of pyridine rings is 1. The Kier molecular flexibility index (Phi) is 6.92. The van der Waals surface area contributed by atoms with Crippen molar-refractivity contribution in [3.05, 3.63) is 89.8 Å². The zero-order valence-corrected chi connectivity index (χ0v) is 18.8. The highest BCUT2D eigenvalue weighted by Crippen LogP contribution is 2.44. The van der Waals surface area contributed by atoms with Crippen molar-refractivity contribution in [2.24, 2.45) is 0 Å². The third kappa shape index (κ3) is 4.50. The molecule has 0 radical (unpaired) electrons. The van der Waals surface area contributed by atoms with Gasteiger partial charge in [0.25, 0.3) is 11.7 Å². The van der Waals surface area contributed by atoms with Crippen LogP contribution in [0, 0.1) is 0 Å². The van der Waals surface area contributed by atoms with E-state index in [1.54, 1.807) is 66.9 Å². The first-order valence-corrected chi connectivity index (χ1v) is 11.3. The minimum Gasteiger partial charge on any atom is -0.507 e. The maximum Gasteiger partial charge on any atom is 0.300 e. The minimum atomic E-state index is -1.00. The number of aromatic nitrogens is 1. The summed E-state index contributed by atoms with van der Waals surface area (Å²) in [5.41, 5.74) is 0.832. The molecule has 1 amide bonds. The summed E-state index contributed by atoms with van der Waals surface area (Å²) in [6.07, 6.45) is 4.69. The summed E-state index contributed by atoms with van der Waals surface area (Å²) < 4.78 is 5.72. The molecule has 0 aliphatic carbocycles. The number of ether oxygens (including phenoxy) is 1. The molecule has 174 valence electrons. The fourth-order valence-electron chi connectivity index (χ4n) is 3.97. The highest BCUT2D eigenvalue weighted by atomic mass is 16.5. The van der Waals surface area contributed by atoms with Crippen LogP contribution in [0.4, 0.5) is 5.69 Å². The van der Waals surface area contributed by atoms with Gasteiger partial charge in [0.05, 0.1) is 23.6 Å². The van der Waals surface area contributed by atoms with Crippen LogP contribution in [0.2, 0.25) is 0 Å². The number of aliphatic hydroxyl groups is 1. The number of anilines is 1. The number of hydrogen-bond donors (Lipinski definition) is 2. The number of rotatable bonds is 8. The van der Waals surface area contributed by atoms with Crippen LogP contribution >= 0.6 is 0 Å². The molecule has 4 rings (SSSR count). The Hall–Kier alpha value is -4.13. The third-order valence-corrected chi connectivity index (χ3v) is 5.70. The molecule has 0 saturated carbocycles. The lowest BCUT2D eigenvalue weighted by atomic mass is 9.98. The minimum absolute atomic E-state index is 0.0939.